The molecule has 0 aliphatic carbocycles. The summed E-state index contributed by atoms with van der Waals surface area (Å²) in [6.45, 7) is 3.05. The van der Waals surface area contributed by atoms with Crippen LogP contribution in [0.25, 0.3) is 0 Å². The van der Waals surface area contributed by atoms with Gasteiger partial charge >= 0.3 is 0 Å². The average Bonchev–Trinajstić information content (AvgIpc) is 2.62. The Hall–Kier alpha value is -2.31. The maximum Gasteiger partial charge on any atom is 0.229 e. The molecule has 3 rings (SSSR count). The lowest BCUT2D eigenvalue weighted by Crippen LogP contribution is -2.39. The van der Waals surface area contributed by atoms with Crippen LogP contribution in [0.5, 0.6) is 0 Å². The Morgan fingerprint density at radius 1 is 1.17 bits per heavy atom. The summed E-state index contributed by atoms with van der Waals surface area (Å²) < 4.78 is 40.1. The first kappa shape index (κ1) is 16.5. The van der Waals surface area contributed by atoms with Crippen LogP contribution in [0.15, 0.2) is 24.4 Å². The SMILES string of the molecule is CCC1CCCCN1c1ccnc(Nc2ccc(F)c(F)c2F)n1. The van der Waals surface area contributed by atoms with Gasteiger partial charge in [-0.2, -0.15) is 4.98 Å². The first-order chi connectivity index (χ1) is 11.6. The summed E-state index contributed by atoms with van der Waals surface area (Å²) in [5.74, 6) is -3.13. The molecule has 2 heterocycles. The molecule has 1 aliphatic heterocycles. The van der Waals surface area contributed by atoms with Crippen molar-refractivity contribution < 1.29 is 13.2 Å². The molecule has 4 nitrogen and oxygen atoms in total. The molecule has 24 heavy (non-hydrogen) atoms. The summed E-state index contributed by atoms with van der Waals surface area (Å²) in [7, 11) is 0. The normalized spacial score (nSPS) is 17.8. The summed E-state index contributed by atoms with van der Waals surface area (Å²) in [5, 5.41) is 2.62. The number of rotatable bonds is 4. The van der Waals surface area contributed by atoms with Crippen molar-refractivity contribution in [1.82, 2.24) is 9.97 Å². The summed E-state index contributed by atoms with van der Waals surface area (Å²) in [6.07, 6.45) is 6.00. The number of nitrogens with one attached hydrogen (secondary N) is 1. The molecular weight excluding hydrogens is 317 g/mol. The average molecular weight is 336 g/mol. The highest BCUT2D eigenvalue weighted by molar-refractivity contribution is 5.56. The molecule has 2 aromatic rings. The van der Waals surface area contributed by atoms with E-state index in [0.29, 0.717) is 6.04 Å². The van der Waals surface area contributed by atoms with Crippen LogP contribution in [-0.2, 0) is 0 Å². The molecule has 0 saturated carbocycles. The smallest absolute Gasteiger partial charge is 0.229 e. The minimum absolute atomic E-state index is 0.151. The summed E-state index contributed by atoms with van der Waals surface area (Å²) in [5.41, 5.74) is -0.197. The molecule has 0 amide bonds. The van der Waals surface area contributed by atoms with E-state index in [4.69, 9.17) is 0 Å². The van der Waals surface area contributed by atoms with Gasteiger partial charge in [-0.1, -0.05) is 6.92 Å². The van der Waals surface area contributed by atoms with Crippen molar-refractivity contribution >= 4 is 17.5 Å². The topological polar surface area (TPSA) is 41.1 Å². The Morgan fingerprint density at radius 3 is 2.79 bits per heavy atom. The number of nitrogens with zero attached hydrogens (tertiary/aromatic N) is 3. The number of hydrogen-bond donors (Lipinski definition) is 1. The van der Waals surface area contributed by atoms with Crippen LogP contribution in [0.2, 0.25) is 0 Å². The van der Waals surface area contributed by atoms with Gasteiger partial charge in [-0.15, -0.1) is 0 Å². The molecular formula is C17H19F3N4. The van der Waals surface area contributed by atoms with Crippen molar-refractivity contribution in [3.8, 4) is 0 Å². The minimum atomic E-state index is -1.52. The molecule has 1 aromatic heterocycles. The first-order valence-electron chi connectivity index (χ1n) is 8.10. The quantitative estimate of drug-likeness (QED) is 0.840. The zero-order chi connectivity index (χ0) is 17.1. The highest BCUT2D eigenvalue weighted by atomic mass is 19.2. The van der Waals surface area contributed by atoms with Gasteiger partial charge in [-0.3, -0.25) is 0 Å². The molecule has 128 valence electrons. The van der Waals surface area contributed by atoms with Gasteiger partial charge in [0.25, 0.3) is 0 Å². The van der Waals surface area contributed by atoms with Crippen molar-refractivity contribution in [1.29, 1.82) is 0 Å². The molecule has 0 radical (unpaired) electrons. The standard InChI is InChI=1S/C17H19F3N4/c1-2-11-5-3-4-10-24(11)14-8-9-21-17(23-14)22-13-7-6-12(18)15(19)16(13)20/h6-9,11H,2-5,10H2,1H3,(H,21,22,23). The monoisotopic (exact) mass is 336 g/mol. The number of halogens is 3. The van der Waals surface area contributed by atoms with Gasteiger partial charge in [0.05, 0.1) is 5.69 Å². The van der Waals surface area contributed by atoms with Crippen molar-refractivity contribution in [2.24, 2.45) is 0 Å². The zero-order valence-electron chi connectivity index (χ0n) is 13.4. The van der Waals surface area contributed by atoms with Crippen LogP contribution in [0.3, 0.4) is 0 Å². The molecule has 1 atom stereocenters. The van der Waals surface area contributed by atoms with Gasteiger partial charge in [0.15, 0.2) is 17.5 Å². The van der Waals surface area contributed by atoms with Crippen LogP contribution in [0.1, 0.15) is 32.6 Å². The number of hydrogen-bond acceptors (Lipinski definition) is 4. The number of anilines is 3. The number of piperidine rings is 1. The second kappa shape index (κ2) is 7.07. The molecule has 7 heteroatoms. The minimum Gasteiger partial charge on any atom is -0.353 e. The molecule has 1 aliphatic rings. The molecule has 1 fully saturated rings. The van der Waals surface area contributed by atoms with E-state index >= 15 is 0 Å². The zero-order valence-corrected chi connectivity index (χ0v) is 13.4. The van der Waals surface area contributed by atoms with Gasteiger partial charge in [-0.25, -0.2) is 18.2 Å². The Balaban J connectivity index is 1.84. The van der Waals surface area contributed by atoms with E-state index in [-0.39, 0.29) is 11.6 Å². The summed E-state index contributed by atoms with van der Waals surface area (Å²) in [4.78, 5) is 10.7. The van der Waals surface area contributed by atoms with Crippen LogP contribution in [0, 0.1) is 17.5 Å². The van der Waals surface area contributed by atoms with E-state index in [1.54, 1.807) is 12.3 Å². The van der Waals surface area contributed by atoms with Crippen LogP contribution in [-0.4, -0.2) is 22.6 Å². The van der Waals surface area contributed by atoms with Crippen molar-refractivity contribution in [3.05, 3.63) is 41.8 Å². The van der Waals surface area contributed by atoms with E-state index in [1.165, 1.54) is 6.42 Å². The largest absolute Gasteiger partial charge is 0.353 e. The highest BCUT2D eigenvalue weighted by Crippen LogP contribution is 2.27. The molecule has 1 N–H and O–H groups in total. The number of aromatic nitrogens is 2. The van der Waals surface area contributed by atoms with Crippen LogP contribution in [0.4, 0.5) is 30.6 Å². The van der Waals surface area contributed by atoms with Crippen LogP contribution >= 0.6 is 0 Å². The third-order valence-corrected chi connectivity index (χ3v) is 4.32. The van der Waals surface area contributed by atoms with E-state index < -0.39 is 17.5 Å². The summed E-state index contributed by atoms with van der Waals surface area (Å²) in [6, 6.07) is 4.21. The lowest BCUT2D eigenvalue weighted by molar-refractivity contribution is 0.446. The van der Waals surface area contributed by atoms with Crippen molar-refractivity contribution in [2.75, 3.05) is 16.8 Å². The second-order valence-corrected chi connectivity index (χ2v) is 5.84. The lowest BCUT2D eigenvalue weighted by Gasteiger charge is -2.36. The Bertz CT molecular complexity index is 723. The highest BCUT2D eigenvalue weighted by Gasteiger charge is 2.22. The van der Waals surface area contributed by atoms with Crippen LogP contribution < -0.4 is 10.2 Å². The van der Waals surface area contributed by atoms with E-state index in [0.717, 1.165) is 43.8 Å². The molecule has 0 bridgehead atoms. The van der Waals surface area contributed by atoms with Gasteiger partial charge in [0, 0.05) is 18.8 Å². The predicted molar refractivity (Wildman–Crippen MR) is 86.9 cm³/mol. The molecule has 1 aromatic carbocycles. The van der Waals surface area contributed by atoms with E-state index in [2.05, 4.69) is 27.1 Å². The second-order valence-electron chi connectivity index (χ2n) is 5.84. The van der Waals surface area contributed by atoms with Crippen molar-refractivity contribution in [2.45, 2.75) is 38.6 Å². The molecule has 1 saturated heterocycles. The van der Waals surface area contributed by atoms with E-state index in [1.807, 2.05) is 0 Å². The fourth-order valence-corrected chi connectivity index (χ4v) is 3.04. The molecule has 0 spiro atoms. The van der Waals surface area contributed by atoms with Gasteiger partial charge in [0.2, 0.25) is 5.95 Å². The Morgan fingerprint density at radius 2 is 2.00 bits per heavy atom. The fourth-order valence-electron chi connectivity index (χ4n) is 3.04. The first-order valence-corrected chi connectivity index (χ1v) is 8.10. The lowest BCUT2D eigenvalue weighted by atomic mass is 10.0. The molecule has 1 unspecified atom stereocenters. The third kappa shape index (κ3) is 3.29. The third-order valence-electron chi connectivity index (χ3n) is 4.32. The maximum atomic E-state index is 13.8. The summed E-state index contributed by atoms with van der Waals surface area (Å²) >= 11 is 0. The van der Waals surface area contributed by atoms with Gasteiger partial charge in [0.1, 0.15) is 5.82 Å². The Labute approximate surface area is 138 Å². The Kier molecular flexibility index (Phi) is 4.87. The van der Waals surface area contributed by atoms with Gasteiger partial charge in [-0.05, 0) is 43.9 Å². The van der Waals surface area contributed by atoms with E-state index in [9.17, 15) is 13.2 Å². The number of benzene rings is 1. The fraction of sp³-hybridized carbons (Fsp3) is 0.412. The van der Waals surface area contributed by atoms with Crippen molar-refractivity contribution in [3.63, 3.8) is 0 Å². The predicted octanol–water partition coefficient (Wildman–Crippen LogP) is 4.41. The van der Waals surface area contributed by atoms with Gasteiger partial charge < -0.3 is 10.2 Å². The maximum absolute atomic E-state index is 13.8.